The van der Waals surface area contributed by atoms with E-state index in [1.807, 2.05) is 0 Å². The topological polar surface area (TPSA) is 93.7 Å². The van der Waals surface area contributed by atoms with E-state index in [4.69, 9.17) is 9.47 Å². The summed E-state index contributed by atoms with van der Waals surface area (Å²) >= 11 is 0. The molecule has 2 N–H and O–H groups in total. The van der Waals surface area contributed by atoms with Crippen LogP contribution in [0.5, 0.6) is 5.75 Å². The molecular weight excluding hydrogens is 356 g/mol. The summed E-state index contributed by atoms with van der Waals surface area (Å²) in [6.45, 7) is 0.587. The Bertz CT molecular complexity index is 875. The minimum absolute atomic E-state index is 0.0820. The van der Waals surface area contributed by atoms with Crippen molar-refractivity contribution >= 4 is 27.3 Å². The number of nitrogens with one attached hydrogen (secondary N) is 2. The van der Waals surface area contributed by atoms with Gasteiger partial charge in [-0.2, -0.15) is 0 Å². The van der Waals surface area contributed by atoms with Gasteiger partial charge in [0.25, 0.3) is 15.9 Å². The highest BCUT2D eigenvalue weighted by Crippen LogP contribution is 2.26. The molecule has 1 aliphatic heterocycles. The van der Waals surface area contributed by atoms with E-state index in [-0.39, 0.29) is 10.8 Å². The molecule has 7 nitrogen and oxygen atoms in total. The monoisotopic (exact) mass is 376 g/mol. The molecule has 2 aromatic rings. The second-order valence-corrected chi connectivity index (χ2v) is 7.50. The van der Waals surface area contributed by atoms with Crippen molar-refractivity contribution in [3.05, 3.63) is 48.5 Å². The fourth-order valence-corrected chi connectivity index (χ4v) is 3.73. The lowest BCUT2D eigenvalue weighted by Gasteiger charge is -2.13. The van der Waals surface area contributed by atoms with Gasteiger partial charge in [-0.3, -0.25) is 9.52 Å². The largest absolute Gasteiger partial charge is 0.495 e. The fourth-order valence-electron chi connectivity index (χ4n) is 2.66. The summed E-state index contributed by atoms with van der Waals surface area (Å²) in [6, 6.07) is 12.7. The van der Waals surface area contributed by atoms with Gasteiger partial charge in [-0.15, -0.1) is 0 Å². The molecule has 1 atom stereocenters. The highest BCUT2D eigenvalue weighted by molar-refractivity contribution is 7.92. The number of carbonyl (C=O) groups excluding carboxylic acids is 1. The number of rotatable bonds is 6. The molecule has 1 aliphatic rings. The van der Waals surface area contributed by atoms with E-state index in [1.54, 1.807) is 36.4 Å². The third kappa shape index (κ3) is 4.14. The Morgan fingerprint density at radius 3 is 2.54 bits per heavy atom. The van der Waals surface area contributed by atoms with Gasteiger partial charge >= 0.3 is 0 Å². The van der Waals surface area contributed by atoms with Gasteiger partial charge in [0.1, 0.15) is 11.9 Å². The maximum atomic E-state index is 12.5. The van der Waals surface area contributed by atoms with Crippen molar-refractivity contribution in [2.24, 2.45) is 0 Å². The smallest absolute Gasteiger partial charge is 0.262 e. The van der Waals surface area contributed by atoms with Crippen LogP contribution in [0.15, 0.2) is 53.4 Å². The number of para-hydroxylation sites is 2. The molecule has 26 heavy (non-hydrogen) atoms. The summed E-state index contributed by atoms with van der Waals surface area (Å²) in [5.41, 5.74) is 0.868. The van der Waals surface area contributed by atoms with Crippen molar-refractivity contribution in [2.75, 3.05) is 23.8 Å². The standard InChI is InChI=1S/C18H20N2O5S/c1-24-16-6-3-2-5-15(16)20-26(22,23)14-10-8-13(9-11-14)19-18(21)17-7-4-12-25-17/h2-3,5-6,8-11,17,20H,4,7,12H2,1H3,(H,19,21). The number of hydrogen-bond donors (Lipinski definition) is 2. The molecule has 138 valence electrons. The number of carbonyl (C=O) groups is 1. The van der Waals surface area contributed by atoms with Crippen LogP contribution in [-0.4, -0.2) is 34.1 Å². The molecule has 0 aliphatic carbocycles. The molecule has 1 saturated heterocycles. The number of sulfonamides is 1. The van der Waals surface area contributed by atoms with Gasteiger partial charge in [0, 0.05) is 12.3 Å². The molecule has 8 heteroatoms. The normalized spacial score (nSPS) is 16.9. The maximum absolute atomic E-state index is 12.5. The van der Waals surface area contributed by atoms with Gasteiger partial charge in [0.15, 0.2) is 0 Å². The molecule has 0 aromatic heterocycles. The van der Waals surface area contributed by atoms with Crippen LogP contribution in [0.2, 0.25) is 0 Å². The SMILES string of the molecule is COc1ccccc1NS(=O)(=O)c1ccc(NC(=O)C2CCCO2)cc1. The fraction of sp³-hybridized carbons (Fsp3) is 0.278. The first-order valence-corrected chi connectivity index (χ1v) is 9.66. The third-order valence-electron chi connectivity index (χ3n) is 4.01. The lowest BCUT2D eigenvalue weighted by Crippen LogP contribution is -2.26. The molecule has 1 fully saturated rings. The van der Waals surface area contributed by atoms with E-state index in [0.29, 0.717) is 30.2 Å². The van der Waals surface area contributed by atoms with Crippen LogP contribution < -0.4 is 14.8 Å². The minimum atomic E-state index is -3.77. The van der Waals surface area contributed by atoms with Crippen molar-refractivity contribution in [1.29, 1.82) is 0 Å². The second kappa shape index (κ2) is 7.76. The van der Waals surface area contributed by atoms with E-state index in [2.05, 4.69) is 10.0 Å². The van der Waals surface area contributed by atoms with Gasteiger partial charge in [-0.1, -0.05) is 12.1 Å². The average molecular weight is 376 g/mol. The first-order chi connectivity index (χ1) is 12.5. The van der Waals surface area contributed by atoms with E-state index in [9.17, 15) is 13.2 Å². The van der Waals surface area contributed by atoms with Crippen molar-refractivity contribution in [3.63, 3.8) is 0 Å². The predicted octanol–water partition coefficient (Wildman–Crippen LogP) is 2.61. The Balaban J connectivity index is 1.71. The average Bonchev–Trinajstić information content (AvgIpc) is 3.17. The van der Waals surface area contributed by atoms with Crippen molar-refractivity contribution < 1.29 is 22.7 Å². The van der Waals surface area contributed by atoms with Crippen molar-refractivity contribution in [3.8, 4) is 5.75 Å². The van der Waals surface area contributed by atoms with Gasteiger partial charge < -0.3 is 14.8 Å². The summed E-state index contributed by atoms with van der Waals surface area (Å²) in [6.07, 6.45) is 1.12. The zero-order valence-corrected chi connectivity index (χ0v) is 15.1. The van der Waals surface area contributed by atoms with E-state index < -0.39 is 16.1 Å². The minimum Gasteiger partial charge on any atom is -0.495 e. The Morgan fingerprint density at radius 1 is 1.15 bits per heavy atom. The number of ether oxygens (including phenoxy) is 2. The van der Waals surface area contributed by atoms with Crippen molar-refractivity contribution in [1.82, 2.24) is 0 Å². The molecule has 1 heterocycles. The Hall–Kier alpha value is -2.58. The lowest BCUT2D eigenvalue weighted by molar-refractivity contribution is -0.124. The van der Waals surface area contributed by atoms with Crippen molar-refractivity contribution in [2.45, 2.75) is 23.8 Å². The number of benzene rings is 2. The Morgan fingerprint density at radius 2 is 1.88 bits per heavy atom. The molecule has 1 amide bonds. The number of anilines is 2. The molecule has 3 rings (SSSR count). The molecule has 0 radical (unpaired) electrons. The zero-order valence-electron chi connectivity index (χ0n) is 14.3. The predicted molar refractivity (Wildman–Crippen MR) is 97.8 cm³/mol. The maximum Gasteiger partial charge on any atom is 0.262 e. The quantitative estimate of drug-likeness (QED) is 0.808. The molecule has 0 bridgehead atoms. The van der Waals surface area contributed by atoms with Gasteiger partial charge in [0.2, 0.25) is 0 Å². The van der Waals surface area contributed by atoms with Crippen LogP contribution in [0.25, 0.3) is 0 Å². The summed E-state index contributed by atoms with van der Waals surface area (Å²) < 4.78 is 38.1. The zero-order chi connectivity index (χ0) is 18.6. The molecule has 1 unspecified atom stereocenters. The summed E-state index contributed by atoms with van der Waals surface area (Å²) in [5, 5.41) is 2.73. The molecule has 0 spiro atoms. The highest BCUT2D eigenvalue weighted by atomic mass is 32.2. The second-order valence-electron chi connectivity index (χ2n) is 5.82. The summed E-state index contributed by atoms with van der Waals surface area (Å²) in [7, 11) is -2.30. The van der Waals surface area contributed by atoms with Crippen LogP contribution in [-0.2, 0) is 19.6 Å². The van der Waals surface area contributed by atoms with Crippen LogP contribution in [0.4, 0.5) is 11.4 Å². The Labute approximate surface area is 152 Å². The number of methoxy groups -OCH3 is 1. The van der Waals surface area contributed by atoms with Gasteiger partial charge in [0.05, 0.1) is 17.7 Å². The third-order valence-corrected chi connectivity index (χ3v) is 5.39. The van der Waals surface area contributed by atoms with E-state index in [0.717, 1.165) is 6.42 Å². The molecule has 0 saturated carbocycles. The first kappa shape index (κ1) is 18.2. The molecular formula is C18H20N2O5S. The van der Waals surface area contributed by atoms with Gasteiger partial charge in [-0.25, -0.2) is 8.42 Å². The highest BCUT2D eigenvalue weighted by Gasteiger charge is 2.23. The first-order valence-electron chi connectivity index (χ1n) is 8.18. The summed E-state index contributed by atoms with van der Waals surface area (Å²) in [4.78, 5) is 12.1. The molecule has 2 aromatic carbocycles. The number of hydrogen-bond acceptors (Lipinski definition) is 5. The van der Waals surface area contributed by atoms with Crippen LogP contribution in [0, 0.1) is 0 Å². The van der Waals surface area contributed by atoms with Crippen LogP contribution in [0.3, 0.4) is 0 Å². The van der Waals surface area contributed by atoms with Crippen LogP contribution in [0.1, 0.15) is 12.8 Å². The Kier molecular flexibility index (Phi) is 5.43. The van der Waals surface area contributed by atoms with E-state index >= 15 is 0 Å². The van der Waals surface area contributed by atoms with Crippen LogP contribution >= 0.6 is 0 Å². The lowest BCUT2D eigenvalue weighted by atomic mass is 10.2. The van der Waals surface area contributed by atoms with Gasteiger partial charge in [-0.05, 0) is 49.2 Å². The summed E-state index contributed by atoms with van der Waals surface area (Å²) in [5.74, 6) is 0.210. The number of amides is 1. The van der Waals surface area contributed by atoms with E-state index in [1.165, 1.54) is 19.2 Å².